The van der Waals surface area contributed by atoms with E-state index in [9.17, 15) is 9.18 Å². The summed E-state index contributed by atoms with van der Waals surface area (Å²) in [7, 11) is 1.52. The Hall–Kier alpha value is -2.17. The van der Waals surface area contributed by atoms with Crippen LogP contribution >= 0.6 is 15.9 Å². The summed E-state index contributed by atoms with van der Waals surface area (Å²) in [6.07, 6.45) is 0.682. The van der Waals surface area contributed by atoms with Crippen molar-refractivity contribution in [2.75, 3.05) is 20.3 Å². The number of carbonyl (C=O) groups excluding carboxylic acids is 1. The van der Waals surface area contributed by atoms with Crippen molar-refractivity contribution >= 4 is 21.9 Å². The Kier molecular flexibility index (Phi) is 6.95. The zero-order valence-electron chi connectivity index (χ0n) is 14.9. The van der Waals surface area contributed by atoms with Crippen molar-refractivity contribution in [3.63, 3.8) is 0 Å². The van der Waals surface area contributed by atoms with Crippen LogP contribution in [0, 0.1) is 12.4 Å². The van der Waals surface area contributed by atoms with E-state index in [4.69, 9.17) is 16.0 Å². The van der Waals surface area contributed by atoms with Gasteiger partial charge in [-0.2, -0.15) is 0 Å². The number of benzene rings is 1. The predicted molar refractivity (Wildman–Crippen MR) is 99.4 cm³/mol. The van der Waals surface area contributed by atoms with Gasteiger partial charge in [0.05, 0.1) is 37.0 Å². The van der Waals surface area contributed by atoms with Crippen molar-refractivity contribution in [2.24, 2.45) is 0 Å². The Morgan fingerprint density at radius 1 is 1.46 bits per heavy atom. The third-order valence-electron chi connectivity index (χ3n) is 3.95. The van der Waals surface area contributed by atoms with Gasteiger partial charge < -0.3 is 14.8 Å². The maximum absolute atomic E-state index is 13.6. The highest BCUT2D eigenvalue weighted by molar-refractivity contribution is 9.10. The van der Waals surface area contributed by atoms with E-state index in [0.717, 1.165) is 0 Å². The van der Waals surface area contributed by atoms with Gasteiger partial charge in [-0.3, -0.25) is 0 Å². The topological polar surface area (TPSA) is 51.9 Å². The summed E-state index contributed by atoms with van der Waals surface area (Å²) >= 11 is 3.36. The monoisotopic (exact) mass is 422 g/mol. The lowest BCUT2D eigenvalue weighted by Crippen LogP contribution is -2.31. The summed E-state index contributed by atoms with van der Waals surface area (Å²) in [6, 6.07) is 4.20. The average molecular weight is 423 g/mol. The number of nitrogens with one attached hydrogen (secondary N) is 1. The first-order valence-electron chi connectivity index (χ1n) is 8.13. The molecule has 1 N–H and O–H groups in total. The van der Waals surface area contributed by atoms with Crippen LogP contribution in [-0.4, -0.2) is 26.3 Å². The molecule has 0 bridgehead atoms. The molecule has 0 amide bonds. The van der Waals surface area contributed by atoms with Crippen molar-refractivity contribution < 1.29 is 18.7 Å². The van der Waals surface area contributed by atoms with Crippen molar-refractivity contribution in [3.05, 3.63) is 68.1 Å². The second-order valence-corrected chi connectivity index (χ2v) is 6.66. The molecule has 0 saturated carbocycles. The quantitative estimate of drug-likeness (QED) is 0.548. The van der Waals surface area contributed by atoms with Gasteiger partial charge in [-0.25, -0.2) is 14.0 Å². The average Bonchev–Trinajstić information content (AvgIpc) is 2.59. The summed E-state index contributed by atoms with van der Waals surface area (Å²) in [5, 5.41) is 3.09. The molecule has 1 aromatic carbocycles. The molecular formula is C19H20BrFN2O3. The molecule has 1 heterocycles. The highest BCUT2D eigenvalue weighted by atomic mass is 79.9. The maximum atomic E-state index is 13.6. The molecule has 0 radical (unpaired) electrons. The number of nitrogens with zero attached hydrogens (tertiary/aromatic N) is 1. The predicted octanol–water partition coefficient (Wildman–Crippen LogP) is 4.28. The van der Waals surface area contributed by atoms with Crippen molar-refractivity contribution in [2.45, 2.75) is 26.2 Å². The molecular weight excluding hydrogens is 403 g/mol. The highest BCUT2D eigenvalue weighted by Gasteiger charge is 2.36. The van der Waals surface area contributed by atoms with Crippen molar-refractivity contribution in [1.82, 2.24) is 5.32 Å². The van der Waals surface area contributed by atoms with E-state index >= 15 is 0 Å². The first kappa shape index (κ1) is 20.1. The number of carbonyl (C=O) groups is 1. The van der Waals surface area contributed by atoms with Crippen LogP contribution in [0.2, 0.25) is 0 Å². The van der Waals surface area contributed by atoms with Gasteiger partial charge in [-0.1, -0.05) is 28.9 Å². The molecule has 1 atom stereocenters. The van der Waals surface area contributed by atoms with Crippen LogP contribution in [-0.2, 0) is 14.3 Å². The third kappa shape index (κ3) is 4.14. The van der Waals surface area contributed by atoms with Gasteiger partial charge in [0.25, 0.3) is 0 Å². The standard InChI is InChI=1S/C19H20BrFN2O3/c1-5-8-26-19(24)17-15(10-25-4)23-11(2)18(22-3)16(17)13-7-6-12(21)9-14(13)20/h6-7,9,16,23H,5,8,10H2,1-2,4H3. The Morgan fingerprint density at radius 3 is 2.77 bits per heavy atom. The Bertz CT molecular complexity index is 811. The molecule has 1 unspecified atom stereocenters. The molecule has 0 aromatic heterocycles. The molecule has 1 aliphatic rings. The second kappa shape index (κ2) is 8.97. The van der Waals surface area contributed by atoms with Gasteiger partial charge in [0, 0.05) is 17.3 Å². The van der Waals surface area contributed by atoms with E-state index in [1.165, 1.54) is 19.2 Å². The molecule has 26 heavy (non-hydrogen) atoms. The number of methoxy groups -OCH3 is 1. The van der Waals surface area contributed by atoms with E-state index < -0.39 is 17.7 Å². The highest BCUT2D eigenvalue weighted by Crippen LogP contribution is 2.42. The number of dihydropyridines is 1. The van der Waals surface area contributed by atoms with Gasteiger partial charge in [0.2, 0.25) is 0 Å². The molecule has 0 saturated heterocycles. The Morgan fingerprint density at radius 2 is 2.19 bits per heavy atom. The van der Waals surface area contributed by atoms with E-state index in [1.807, 2.05) is 6.92 Å². The summed E-state index contributed by atoms with van der Waals surface area (Å²) in [5.41, 5.74) is 2.46. The van der Waals surface area contributed by atoms with Crippen LogP contribution in [0.25, 0.3) is 4.85 Å². The van der Waals surface area contributed by atoms with Crippen LogP contribution in [0.15, 0.2) is 45.3 Å². The van der Waals surface area contributed by atoms with E-state index in [2.05, 4.69) is 26.1 Å². The lowest BCUT2D eigenvalue weighted by Gasteiger charge is -2.30. The number of ether oxygens (including phenoxy) is 2. The first-order chi connectivity index (χ1) is 12.4. The van der Waals surface area contributed by atoms with Crippen LogP contribution in [0.1, 0.15) is 31.7 Å². The number of esters is 1. The zero-order chi connectivity index (χ0) is 19.3. The van der Waals surface area contributed by atoms with Gasteiger partial charge in [0.15, 0.2) is 5.70 Å². The van der Waals surface area contributed by atoms with Gasteiger partial charge >= 0.3 is 5.97 Å². The van der Waals surface area contributed by atoms with Crippen LogP contribution < -0.4 is 5.32 Å². The van der Waals surface area contributed by atoms with Gasteiger partial charge in [0.1, 0.15) is 5.82 Å². The van der Waals surface area contributed by atoms with Crippen LogP contribution in [0.3, 0.4) is 0 Å². The number of halogens is 2. The minimum absolute atomic E-state index is 0.161. The number of rotatable bonds is 6. The van der Waals surface area contributed by atoms with E-state index in [1.54, 1.807) is 13.0 Å². The van der Waals surface area contributed by atoms with Crippen molar-refractivity contribution in [3.8, 4) is 0 Å². The fourth-order valence-corrected chi connectivity index (χ4v) is 3.42. The lowest BCUT2D eigenvalue weighted by atomic mass is 9.84. The lowest BCUT2D eigenvalue weighted by molar-refractivity contribution is -0.139. The largest absolute Gasteiger partial charge is 0.462 e. The van der Waals surface area contributed by atoms with E-state index in [-0.39, 0.29) is 13.2 Å². The molecule has 1 aromatic rings. The molecule has 1 aliphatic heterocycles. The van der Waals surface area contributed by atoms with Gasteiger partial charge in [-0.15, -0.1) is 0 Å². The summed E-state index contributed by atoms with van der Waals surface area (Å²) in [5.74, 6) is -1.59. The Balaban J connectivity index is 2.66. The first-order valence-corrected chi connectivity index (χ1v) is 8.93. The van der Waals surface area contributed by atoms with E-state index in [0.29, 0.717) is 39.1 Å². The number of allylic oxidation sites excluding steroid dienone is 2. The summed E-state index contributed by atoms with van der Waals surface area (Å²) in [6.45, 7) is 11.7. The van der Waals surface area contributed by atoms with Crippen LogP contribution in [0.4, 0.5) is 4.39 Å². The molecule has 7 heteroatoms. The third-order valence-corrected chi connectivity index (χ3v) is 4.64. The summed E-state index contributed by atoms with van der Waals surface area (Å²) in [4.78, 5) is 16.4. The Labute approximate surface area is 160 Å². The molecule has 2 rings (SSSR count). The normalized spacial score (nSPS) is 17.0. The summed E-state index contributed by atoms with van der Waals surface area (Å²) < 4.78 is 24.6. The van der Waals surface area contributed by atoms with Crippen LogP contribution in [0.5, 0.6) is 0 Å². The number of hydrogen-bond donors (Lipinski definition) is 1. The molecule has 0 aliphatic carbocycles. The second-order valence-electron chi connectivity index (χ2n) is 5.81. The molecule has 138 valence electrons. The minimum Gasteiger partial charge on any atom is -0.462 e. The molecule has 5 nitrogen and oxygen atoms in total. The fourth-order valence-electron chi connectivity index (χ4n) is 2.84. The SMILES string of the molecule is [C-]#[N+]C1=C(C)NC(COC)=C(C(=O)OCCC)C1c1ccc(F)cc1Br. The minimum atomic E-state index is -0.668. The van der Waals surface area contributed by atoms with Gasteiger partial charge in [-0.05, 0) is 31.0 Å². The fraction of sp³-hybridized carbons (Fsp3) is 0.368. The number of hydrogen-bond acceptors (Lipinski definition) is 4. The molecule has 0 spiro atoms. The molecule has 0 fully saturated rings. The maximum Gasteiger partial charge on any atom is 0.335 e. The smallest absolute Gasteiger partial charge is 0.335 e. The van der Waals surface area contributed by atoms with Crippen molar-refractivity contribution in [1.29, 1.82) is 0 Å². The zero-order valence-corrected chi connectivity index (χ0v) is 16.4.